The average molecular weight is 232 g/mol. The Bertz CT molecular complexity index is 174. The summed E-state index contributed by atoms with van der Waals surface area (Å²) in [5.74, 6) is 0.754. The second-order valence-electron chi connectivity index (χ2n) is 4.27. The summed E-state index contributed by atoms with van der Waals surface area (Å²) >= 11 is 5.15. The van der Waals surface area contributed by atoms with Crippen LogP contribution in [0.15, 0.2) is 0 Å². The van der Waals surface area contributed by atoms with Crippen molar-refractivity contribution in [3.8, 4) is 0 Å². The van der Waals surface area contributed by atoms with E-state index in [0.29, 0.717) is 12.6 Å². The Morgan fingerprint density at radius 3 is 2.47 bits per heavy atom. The van der Waals surface area contributed by atoms with Crippen LogP contribution in [-0.4, -0.2) is 31.4 Å². The normalized spacial score (nSPS) is 12.6. The lowest BCUT2D eigenvalue weighted by Crippen LogP contribution is -2.41. The smallest absolute Gasteiger partial charge is 0.166 e. The topological polar surface area (TPSA) is 33.3 Å². The summed E-state index contributed by atoms with van der Waals surface area (Å²) in [5.41, 5.74) is 0. The number of ether oxygens (including phenoxy) is 1. The quantitative estimate of drug-likeness (QED) is 0.519. The van der Waals surface area contributed by atoms with E-state index in [1.807, 2.05) is 0 Å². The highest BCUT2D eigenvalue weighted by Crippen LogP contribution is 2.05. The van der Waals surface area contributed by atoms with E-state index in [-0.39, 0.29) is 0 Å². The predicted octanol–water partition coefficient (Wildman–Crippen LogP) is 1.92. The van der Waals surface area contributed by atoms with Crippen molar-refractivity contribution in [1.29, 1.82) is 0 Å². The second kappa shape index (κ2) is 8.92. The molecule has 0 saturated carbocycles. The molecule has 0 saturated heterocycles. The molecule has 0 fully saturated rings. The molecule has 4 heteroatoms. The summed E-state index contributed by atoms with van der Waals surface area (Å²) in [5, 5.41) is 7.08. The van der Waals surface area contributed by atoms with E-state index in [2.05, 4.69) is 31.4 Å². The predicted molar refractivity (Wildman–Crippen MR) is 69.1 cm³/mol. The summed E-state index contributed by atoms with van der Waals surface area (Å²) in [6.07, 6.45) is 2.39. The van der Waals surface area contributed by atoms with Gasteiger partial charge in [0.25, 0.3) is 0 Å². The molecule has 0 amide bonds. The van der Waals surface area contributed by atoms with Crippen LogP contribution in [0.2, 0.25) is 0 Å². The van der Waals surface area contributed by atoms with Gasteiger partial charge in [-0.25, -0.2) is 0 Å². The molecular weight excluding hydrogens is 208 g/mol. The van der Waals surface area contributed by atoms with Gasteiger partial charge in [0.15, 0.2) is 5.11 Å². The van der Waals surface area contributed by atoms with E-state index in [9.17, 15) is 0 Å². The molecule has 0 heterocycles. The van der Waals surface area contributed by atoms with Gasteiger partial charge in [-0.05, 0) is 37.9 Å². The number of methoxy groups -OCH3 is 1. The first-order valence-corrected chi connectivity index (χ1v) is 6.00. The van der Waals surface area contributed by atoms with Gasteiger partial charge in [-0.3, -0.25) is 0 Å². The fraction of sp³-hybridized carbons (Fsp3) is 0.909. The van der Waals surface area contributed by atoms with E-state index in [0.717, 1.165) is 24.0 Å². The Labute approximate surface area is 99.0 Å². The third kappa shape index (κ3) is 9.94. The van der Waals surface area contributed by atoms with Crippen LogP contribution in [-0.2, 0) is 4.74 Å². The third-order valence-electron chi connectivity index (χ3n) is 2.15. The molecule has 1 unspecified atom stereocenters. The van der Waals surface area contributed by atoms with Crippen molar-refractivity contribution in [1.82, 2.24) is 10.6 Å². The summed E-state index contributed by atoms with van der Waals surface area (Å²) in [6, 6.07) is 0.440. The summed E-state index contributed by atoms with van der Waals surface area (Å²) < 4.78 is 4.93. The van der Waals surface area contributed by atoms with Gasteiger partial charge < -0.3 is 15.4 Å². The van der Waals surface area contributed by atoms with Crippen molar-refractivity contribution >= 4 is 17.3 Å². The van der Waals surface area contributed by atoms with Crippen molar-refractivity contribution in [2.45, 2.75) is 39.7 Å². The Morgan fingerprint density at radius 2 is 1.93 bits per heavy atom. The van der Waals surface area contributed by atoms with E-state index < -0.39 is 0 Å². The molecule has 0 bridgehead atoms. The lowest BCUT2D eigenvalue weighted by Gasteiger charge is -2.17. The molecule has 0 aliphatic carbocycles. The molecule has 0 aromatic rings. The Balaban J connectivity index is 3.49. The molecule has 0 aromatic heterocycles. The average Bonchev–Trinajstić information content (AvgIpc) is 2.15. The molecule has 0 rings (SSSR count). The maximum atomic E-state index is 5.15. The highest BCUT2D eigenvalue weighted by atomic mass is 32.1. The fourth-order valence-electron chi connectivity index (χ4n) is 1.20. The fourth-order valence-corrected chi connectivity index (χ4v) is 1.50. The first-order chi connectivity index (χ1) is 7.06. The first-order valence-electron chi connectivity index (χ1n) is 5.59. The maximum absolute atomic E-state index is 5.15. The highest BCUT2D eigenvalue weighted by Gasteiger charge is 2.04. The molecule has 15 heavy (non-hydrogen) atoms. The molecular formula is C11H24N2OS. The van der Waals surface area contributed by atoms with Gasteiger partial charge in [0.1, 0.15) is 0 Å². The van der Waals surface area contributed by atoms with Crippen LogP contribution in [0.25, 0.3) is 0 Å². The molecule has 0 radical (unpaired) electrons. The van der Waals surface area contributed by atoms with Crippen LogP contribution in [0.4, 0.5) is 0 Å². The first kappa shape index (κ1) is 14.6. The standard InChI is InChI=1S/C11H24N2OS/c1-9(2)5-6-10(3)13-11(15)12-7-8-14-4/h9-10H,5-8H2,1-4H3,(H2,12,13,15). The van der Waals surface area contributed by atoms with E-state index in [4.69, 9.17) is 17.0 Å². The molecule has 0 aromatic carbocycles. The van der Waals surface area contributed by atoms with Gasteiger partial charge in [-0.2, -0.15) is 0 Å². The van der Waals surface area contributed by atoms with E-state index in [1.54, 1.807) is 7.11 Å². The SMILES string of the molecule is COCCNC(=S)NC(C)CCC(C)C. The molecule has 2 N–H and O–H groups in total. The third-order valence-corrected chi connectivity index (χ3v) is 2.41. The molecule has 90 valence electrons. The summed E-state index contributed by atoms with van der Waals surface area (Å²) in [7, 11) is 1.68. The summed E-state index contributed by atoms with van der Waals surface area (Å²) in [6.45, 7) is 8.08. The number of rotatable bonds is 7. The molecule has 0 spiro atoms. The molecule has 0 aliphatic heterocycles. The van der Waals surface area contributed by atoms with Crippen LogP contribution >= 0.6 is 12.2 Å². The van der Waals surface area contributed by atoms with Crippen molar-refractivity contribution in [3.63, 3.8) is 0 Å². The van der Waals surface area contributed by atoms with Crippen molar-refractivity contribution in [2.75, 3.05) is 20.3 Å². The Kier molecular flexibility index (Phi) is 8.71. The van der Waals surface area contributed by atoms with Crippen molar-refractivity contribution < 1.29 is 4.74 Å². The van der Waals surface area contributed by atoms with Crippen molar-refractivity contribution in [3.05, 3.63) is 0 Å². The maximum Gasteiger partial charge on any atom is 0.166 e. The largest absolute Gasteiger partial charge is 0.383 e. The minimum atomic E-state index is 0.440. The minimum absolute atomic E-state index is 0.440. The van der Waals surface area contributed by atoms with Crippen LogP contribution in [0.3, 0.4) is 0 Å². The van der Waals surface area contributed by atoms with E-state index >= 15 is 0 Å². The van der Waals surface area contributed by atoms with Crippen LogP contribution in [0, 0.1) is 5.92 Å². The molecule has 3 nitrogen and oxygen atoms in total. The minimum Gasteiger partial charge on any atom is -0.383 e. The second-order valence-corrected chi connectivity index (χ2v) is 4.67. The molecule has 1 atom stereocenters. The van der Waals surface area contributed by atoms with Crippen LogP contribution in [0.1, 0.15) is 33.6 Å². The van der Waals surface area contributed by atoms with Gasteiger partial charge in [0, 0.05) is 19.7 Å². The van der Waals surface area contributed by atoms with Gasteiger partial charge in [0.2, 0.25) is 0 Å². The Hall–Kier alpha value is -0.350. The lowest BCUT2D eigenvalue weighted by molar-refractivity contribution is 0.204. The van der Waals surface area contributed by atoms with Crippen LogP contribution < -0.4 is 10.6 Å². The van der Waals surface area contributed by atoms with E-state index in [1.165, 1.54) is 6.42 Å². The number of hydrogen-bond acceptors (Lipinski definition) is 2. The number of hydrogen-bond donors (Lipinski definition) is 2. The van der Waals surface area contributed by atoms with Crippen LogP contribution in [0.5, 0.6) is 0 Å². The van der Waals surface area contributed by atoms with Gasteiger partial charge in [-0.15, -0.1) is 0 Å². The zero-order valence-corrected chi connectivity index (χ0v) is 11.1. The Morgan fingerprint density at radius 1 is 1.27 bits per heavy atom. The number of nitrogens with one attached hydrogen (secondary N) is 2. The number of thiocarbonyl (C=S) groups is 1. The lowest BCUT2D eigenvalue weighted by atomic mass is 10.0. The monoisotopic (exact) mass is 232 g/mol. The summed E-state index contributed by atoms with van der Waals surface area (Å²) in [4.78, 5) is 0. The van der Waals surface area contributed by atoms with Gasteiger partial charge in [-0.1, -0.05) is 13.8 Å². The van der Waals surface area contributed by atoms with Crippen molar-refractivity contribution in [2.24, 2.45) is 5.92 Å². The molecule has 0 aliphatic rings. The zero-order valence-electron chi connectivity index (χ0n) is 10.3. The van der Waals surface area contributed by atoms with Gasteiger partial charge >= 0.3 is 0 Å². The zero-order chi connectivity index (χ0) is 11.7. The van der Waals surface area contributed by atoms with Gasteiger partial charge in [0.05, 0.1) is 6.61 Å². The highest BCUT2D eigenvalue weighted by molar-refractivity contribution is 7.80.